The molecule has 2 rings (SSSR count). The van der Waals surface area contributed by atoms with Gasteiger partial charge in [-0.15, -0.1) is 0 Å². The maximum atomic E-state index is 12.4. The second kappa shape index (κ2) is 6.39. The van der Waals surface area contributed by atoms with Crippen LogP contribution in [0.2, 0.25) is 0 Å². The van der Waals surface area contributed by atoms with Crippen LogP contribution in [0.1, 0.15) is 19.8 Å². The van der Waals surface area contributed by atoms with Gasteiger partial charge < -0.3 is 14.5 Å². The molecule has 0 aromatic carbocycles. The molecular weight excluding hydrogens is 308 g/mol. The van der Waals surface area contributed by atoms with Crippen LogP contribution in [0.3, 0.4) is 0 Å². The van der Waals surface area contributed by atoms with E-state index in [0.717, 1.165) is 29.2 Å². The number of nitrogens with zero attached hydrogens (tertiary/aromatic N) is 4. The van der Waals surface area contributed by atoms with Gasteiger partial charge in [0.1, 0.15) is 0 Å². The average molecular weight is 325 g/mol. The highest BCUT2D eigenvalue weighted by molar-refractivity contribution is 7.99. The standard InChI is InChI=1S/C13H18N4O4S/c1-4-5-6-17-9-10(14-12(17)22-7-8(18)19)15(2)13(21)16(3)11(9)20/h4-7H2,1-3H3,(H,18,19)/p-1. The summed E-state index contributed by atoms with van der Waals surface area (Å²) >= 11 is 0.987. The monoisotopic (exact) mass is 325 g/mol. The van der Waals surface area contributed by atoms with E-state index in [2.05, 4.69) is 4.98 Å². The Morgan fingerprint density at radius 2 is 1.95 bits per heavy atom. The van der Waals surface area contributed by atoms with Gasteiger partial charge in [-0.2, -0.15) is 0 Å². The number of carbonyl (C=O) groups excluding carboxylic acids is 1. The predicted molar refractivity (Wildman–Crippen MR) is 80.9 cm³/mol. The lowest BCUT2D eigenvalue weighted by atomic mass is 10.3. The van der Waals surface area contributed by atoms with Crippen LogP contribution in [-0.2, 0) is 25.4 Å². The van der Waals surface area contributed by atoms with Gasteiger partial charge in [0.05, 0.1) is 5.97 Å². The van der Waals surface area contributed by atoms with Crippen LogP contribution in [0.4, 0.5) is 0 Å². The fraction of sp³-hybridized carbons (Fsp3) is 0.538. The largest absolute Gasteiger partial charge is 0.549 e. The minimum atomic E-state index is -1.21. The summed E-state index contributed by atoms with van der Waals surface area (Å²) in [6.45, 7) is 2.55. The number of rotatable bonds is 6. The van der Waals surface area contributed by atoms with Crippen molar-refractivity contribution in [1.82, 2.24) is 18.7 Å². The number of aryl methyl sites for hydroxylation is 2. The van der Waals surface area contributed by atoms with Crippen LogP contribution >= 0.6 is 11.8 Å². The third kappa shape index (κ3) is 2.80. The van der Waals surface area contributed by atoms with Crippen LogP contribution < -0.4 is 16.4 Å². The van der Waals surface area contributed by atoms with Gasteiger partial charge in [-0.05, 0) is 6.42 Å². The summed E-state index contributed by atoms with van der Waals surface area (Å²) in [6, 6.07) is 0. The lowest BCUT2D eigenvalue weighted by molar-refractivity contribution is -0.301. The maximum absolute atomic E-state index is 12.4. The first-order chi connectivity index (χ1) is 10.4. The molecule has 0 aliphatic carbocycles. The van der Waals surface area contributed by atoms with Crippen molar-refractivity contribution in [1.29, 1.82) is 0 Å². The van der Waals surface area contributed by atoms with E-state index in [1.54, 1.807) is 4.57 Å². The second-order valence-electron chi connectivity index (χ2n) is 4.94. The summed E-state index contributed by atoms with van der Waals surface area (Å²) < 4.78 is 4.01. The molecule has 0 saturated heterocycles. The van der Waals surface area contributed by atoms with E-state index < -0.39 is 17.2 Å². The molecule has 0 saturated carbocycles. The third-order valence-corrected chi connectivity index (χ3v) is 4.32. The molecule has 0 N–H and O–H groups in total. The quantitative estimate of drug-likeness (QED) is 0.636. The van der Waals surface area contributed by atoms with Crippen LogP contribution in [0.5, 0.6) is 0 Å². The summed E-state index contributed by atoms with van der Waals surface area (Å²) in [5.41, 5.74) is -0.306. The molecule has 0 spiro atoms. The van der Waals surface area contributed by atoms with Crippen molar-refractivity contribution in [3.63, 3.8) is 0 Å². The predicted octanol–water partition coefficient (Wildman–Crippen LogP) is -0.924. The zero-order valence-electron chi connectivity index (χ0n) is 12.7. The fourth-order valence-electron chi connectivity index (χ4n) is 2.18. The fourth-order valence-corrected chi connectivity index (χ4v) is 2.92. The van der Waals surface area contributed by atoms with Gasteiger partial charge in [-0.25, -0.2) is 9.78 Å². The lowest BCUT2D eigenvalue weighted by Crippen LogP contribution is -2.37. The topological polar surface area (TPSA) is 102 Å². The van der Waals surface area contributed by atoms with E-state index in [-0.39, 0.29) is 11.4 Å². The number of imidazole rings is 1. The molecule has 2 aromatic rings. The molecule has 2 heterocycles. The van der Waals surface area contributed by atoms with Crippen molar-refractivity contribution in [2.24, 2.45) is 14.1 Å². The molecular formula is C13H17N4O4S-. The zero-order chi connectivity index (χ0) is 16.4. The Balaban J connectivity index is 2.71. The average Bonchev–Trinajstić information content (AvgIpc) is 2.85. The number of fused-ring (bicyclic) bond motifs is 1. The lowest BCUT2D eigenvalue weighted by Gasteiger charge is -2.08. The molecule has 22 heavy (non-hydrogen) atoms. The third-order valence-electron chi connectivity index (χ3n) is 3.37. The van der Waals surface area contributed by atoms with Crippen molar-refractivity contribution in [3.05, 3.63) is 20.8 Å². The number of carbonyl (C=O) groups is 1. The molecule has 0 amide bonds. The van der Waals surface area contributed by atoms with Gasteiger partial charge in [0, 0.05) is 26.4 Å². The Labute approximate surface area is 130 Å². The smallest absolute Gasteiger partial charge is 0.332 e. The van der Waals surface area contributed by atoms with Crippen molar-refractivity contribution in [2.45, 2.75) is 31.5 Å². The Hall–Kier alpha value is -2.03. The normalized spacial score (nSPS) is 11.2. The van der Waals surface area contributed by atoms with Crippen LogP contribution in [0.25, 0.3) is 11.2 Å². The summed E-state index contributed by atoms with van der Waals surface area (Å²) in [7, 11) is 2.95. The van der Waals surface area contributed by atoms with E-state index in [4.69, 9.17) is 0 Å². The first-order valence-electron chi connectivity index (χ1n) is 6.87. The summed E-state index contributed by atoms with van der Waals surface area (Å²) in [6.07, 6.45) is 1.73. The molecule has 0 unspecified atom stereocenters. The first kappa shape index (κ1) is 16.3. The number of aromatic nitrogens is 4. The molecule has 0 aliphatic heterocycles. The molecule has 0 aliphatic rings. The number of carboxylic acids is 1. The highest BCUT2D eigenvalue weighted by Crippen LogP contribution is 2.21. The molecule has 0 fully saturated rings. The van der Waals surface area contributed by atoms with Crippen molar-refractivity contribution < 1.29 is 9.90 Å². The van der Waals surface area contributed by atoms with Gasteiger partial charge in [-0.3, -0.25) is 13.9 Å². The van der Waals surface area contributed by atoms with Crippen molar-refractivity contribution in [2.75, 3.05) is 5.75 Å². The number of aliphatic carboxylic acids is 1. The van der Waals surface area contributed by atoms with Crippen molar-refractivity contribution >= 4 is 28.9 Å². The minimum absolute atomic E-state index is 0.260. The first-order valence-corrected chi connectivity index (χ1v) is 7.86. The number of carboxylic acid groups (broad SMARTS) is 1. The summed E-state index contributed by atoms with van der Waals surface area (Å²) in [5.74, 6) is -1.47. The van der Waals surface area contributed by atoms with Crippen LogP contribution in [0, 0.1) is 0 Å². The van der Waals surface area contributed by atoms with Gasteiger partial charge in [0.2, 0.25) is 0 Å². The van der Waals surface area contributed by atoms with E-state index in [1.165, 1.54) is 18.7 Å². The van der Waals surface area contributed by atoms with E-state index in [1.807, 2.05) is 6.92 Å². The Morgan fingerprint density at radius 1 is 1.27 bits per heavy atom. The Bertz CT molecular complexity index is 833. The number of hydrogen-bond donors (Lipinski definition) is 0. The van der Waals surface area contributed by atoms with Gasteiger partial charge in [0.25, 0.3) is 5.56 Å². The Kier molecular flexibility index (Phi) is 4.74. The second-order valence-corrected chi connectivity index (χ2v) is 5.88. The van der Waals surface area contributed by atoms with Crippen LogP contribution in [-0.4, -0.2) is 30.4 Å². The highest BCUT2D eigenvalue weighted by Gasteiger charge is 2.18. The summed E-state index contributed by atoms with van der Waals surface area (Å²) in [4.78, 5) is 39.3. The summed E-state index contributed by atoms with van der Waals surface area (Å²) in [5, 5.41) is 11.1. The van der Waals surface area contributed by atoms with E-state index >= 15 is 0 Å². The van der Waals surface area contributed by atoms with Crippen molar-refractivity contribution in [3.8, 4) is 0 Å². The van der Waals surface area contributed by atoms with Gasteiger partial charge in [-0.1, -0.05) is 25.1 Å². The molecule has 2 aromatic heterocycles. The minimum Gasteiger partial charge on any atom is -0.549 e. The molecule has 0 bridgehead atoms. The zero-order valence-corrected chi connectivity index (χ0v) is 13.5. The van der Waals surface area contributed by atoms with E-state index in [9.17, 15) is 19.5 Å². The van der Waals surface area contributed by atoms with E-state index in [0.29, 0.717) is 17.2 Å². The van der Waals surface area contributed by atoms with Crippen LogP contribution in [0.15, 0.2) is 14.7 Å². The highest BCUT2D eigenvalue weighted by atomic mass is 32.2. The SMILES string of the molecule is CCCCn1c(SCC(=O)[O-])nc2c1c(=O)n(C)c(=O)n2C. The Morgan fingerprint density at radius 3 is 2.55 bits per heavy atom. The number of unbranched alkanes of at least 4 members (excludes halogenated alkanes) is 1. The van der Waals surface area contributed by atoms with Gasteiger partial charge in [0.15, 0.2) is 16.3 Å². The van der Waals surface area contributed by atoms with Gasteiger partial charge >= 0.3 is 5.69 Å². The molecule has 8 nitrogen and oxygen atoms in total. The molecule has 9 heteroatoms. The molecule has 120 valence electrons. The number of thioether (sulfide) groups is 1. The molecule has 0 radical (unpaired) electrons. The number of hydrogen-bond acceptors (Lipinski definition) is 6. The maximum Gasteiger partial charge on any atom is 0.332 e. The molecule has 0 atom stereocenters.